The highest BCUT2D eigenvalue weighted by molar-refractivity contribution is 6.02. The Balaban J connectivity index is 2.36. The van der Waals surface area contributed by atoms with E-state index < -0.39 is 12.1 Å². The molecule has 0 aromatic heterocycles. The molecule has 0 aliphatic carbocycles. The highest BCUT2D eigenvalue weighted by Gasteiger charge is 2.31. The first-order valence-corrected chi connectivity index (χ1v) is 7.16. The molecule has 0 saturated carbocycles. The number of benzene rings is 1. The van der Waals surface area contributed by atoms with Gasteiger partial charge < -0.3 is 20.3 Å². The van der Waals surface area contributed by atoms with Gasteiger partial charge in [0, 0.05) is 19.8 Å². The molecule has 1 atom stereocenters. The van der Waals surface area contributed by atoms with Gasteiger partial charge in [-0.1, -0.05) is 12.1 Å². The summed E-state index contributed by atoms with van der Waals surface area (Å²) >= 11 is 0. The van der Waals surface area contributed by atoms with Gasteiger partial charge in [0.25, 0.3) is 0 Å². The van der Waals surface area contributed by atoms with Crippen LogP contribution in [0, 0.1) is 0 Å². The van der Waals surface area contributed by atoms with E-state index in [1.807, 2.05) is 43.3 Å². The summed E-state index contributed by atoms with van der Waals surface area (Å²) in [5.41, 5.74) is 2.17. The second-order valence-corrected chi connectivity index (χ2v) is 5.27. The summed E-state index contributed by atoms with van der Waals surface area (Å²) < 4.78 is 5.42. The maximum absolute atomic E-state index is 12.7. The van der Waals surface area contributed by atoms with Crippen LogP contribution in [-0.2, 0) is 9.53 Å². The molecule has 0 spiro atoms. The van der Waals surface area contributed by atoms with Gasteiger partial charge >= 0.3 is 6.03 Å². The Morgan fingerprint density at radius 2 is 1.82 bits per heavy atom. The summed E-state index contributed by atoms with van der Waals surface area (Å²) in [4.78, 5) is 26.5. The molecule has 2 N–H and O–H groups in total. The van der Waals surface area contributed by atoms with E-state index in [1.54, 1.807) is 13.8 Å². The van der Waals surface area contributed by atoms with Crippen LogP contribution in [0.15, 0.2) is 35.7 Å². The molecule has 1 unspecified atom stereocenters. The number of urea groups is 1. The molecule has 1 aliphatic heterocycles. The molecule has 6 heteroatoms. The minimum Gasteiger partial charge on any atom is -0.488 e. The van der Waals surface area contributed by atoms with Gasteiger partial charge in [0.05, 0.1) is 12.3 Å². The van der Waals surface area contributed by atoms with Crippen molar-refractivity contribution in [1.82, 2.24) is 10.6 Å². The second-order valence-electron chi connectivity index (χ2n) is 5.27. The van der Waals surface area contributed by atoms with Crippen LogP contribution in [0.5, 0.6) is 0 Å². The van der Waals surface area contributed by atoms with Crippen molar-refractivity contribution in [3.8, 4) is 0 Å². The summed E-state index contributed by atoms with van der Waals surface area (Å²) in [7, 11) is 3.88. The lowest BCUT2D eigenvalue weighted by atomic mass is 10.0. The zero-order valence-electron chi connectivity index (χ0n) is 13.3. The Morgan fingerprint density at radius 3 is 2.36 bits per heavy atom. The van der Waals surface area contributed by atoms with E-state index in [1.165, 1.54) is 0 Å². The number of carbonyl (C=O) groups excluding carboxylic acids is 2. The predicted molar refractivity (Wildman–Crippen MR) is 84.5 cm³/mol. The normalized spacial score (nSPS) is 18.5. The average molecular weight is 303 g/mol. The third-order valence-corrected chi connectivity index (χ3v) is 3.43. The van der Waals surface area contributed by atoms with E-state index >= 15 is 0 Å². The van der Waals surface area contributed by atoms with E-state index in [2.05, 4.69) is 10.6 Å². The highest BCUT2D eigenvalue weighted by atomic mass is 16.5. The standard InChI is InChI=1S/C16H21N3O3/c1-5-22-15-10(2)17-16(21)18-13(14(15)20)11-6-8-12(9-7-11)19(3)4/h6-9,13H,5H2,1-4H3,(H2,17,18,21). The average Bonchev–Trinajstić information content (AvgIpc) is 2.58. The third kappa shape index (κ3) is 3.21. The zero-order valence-corrected chi connectivity index (χ0v) is 13.3. The Kier molecular flexibility index (Phi) is 4.70. The number of rotatable bonds is 4. The molecule has 1 aliphatic rings. The van der Waals surface area contributed by atoms with Gasteiger partial charge in [0.1, 0.15) is 6.04 Å². The van der Waals surface area contributed by atoms with Gasteiger partial charge in [-0.15, -0.1) is 0 Å². The van der Waals surface area contributed by atoms with Crippen molar-refractivity contribution in [2.24, 2.45) is 0 Å². The molecule has 0 bridgehead atoms. The van der Waals surface area contributed by atoms with E-state index in [0.717, 1.165) is 11.3 Å². The number of nitrogens with zero attached hydrogens (tertiary/aromatic N) is 1. The zero-order chi connectivity index (χ0) is 16.3. The molecule has 118 valence electrons. The topological polar surface area (TPSA) is 70.7 Å². The van der Waals surface area contributed by atoms with Gasteiger partial charge in [-0.25, -0.2) is 4.79 Å². The lowest BCUT2D eigenvalue weighted by Gasteiger charge is -2.18. The van der Waals surface area contributed by atoms with Crippen molar-refractivity contribution in [3.63, 3.8) is 0 Å². The molecule has 1 heterocycles. The van der Waals surface area contributed by atoms with Crippen LogP contribution in [0.25, 0.3) is 0 Å². The Labute approximate surface area is 130 Å². The number of hydrogen-bond acceptors (Lipinski definition) is 4. The first-order chi connectivity index (χ1) is 10.4. The molecule has 0 fully saturated rings. The van der Waals surface area contributed by atoms with E-state index in [-0.39, 0.29) is 11.5 Å². The number of hydrogen-bond donors (Lipinski definition) is 2. The number of ketones is 1. The number of allylic oxidation sites excluding steroid dienone is 1. The number of amides is 2. The van der Waals surface area contributed by atoms with E-state index in [4.69, 9.17) is 4.74 Å². The number of nitrogens with one attached hydrogen (secondary N) is 2. The van der Waals surface area contributed by atoms with Crippen LogP contribution < -0.4 is 15.5 Å². The van der Waals surface area contributed by atoms with Crippen molar-refractivity contribution >= 4 is 17.5 Å². The molecule has 1 aromatic rings. The minimum atomic E-state index is -0.754. The lowest BCUT2D eigenvalue weighted by molar-refractivity contribution is -0.120. The lowest BCUT2D eigenvalue weighted by Crippen LogP contribution is -2.37. The van der Waals surface area contributed by atoms with Gasteiger partial charge in [-0.3, -0.25) is 4.79 Å². The fourth-order valence-electron chi connectivity index (χ4n) is 2.30. The Bertz CT molecular complexity index is 606. The molecule has 6 nitrogen and oxygen atoms in total. The first kappa shape index (κ1) is 15.9. The molecule has 22 heavy (non-hydrogen) atoms. The molecule has 2 rings (SSSR count). The third-order valence-electron chi connectivity index (χ3n) is 3.43. The molecular formula is C16H21N3O3. The monoisotopic (exact) mass is 303 g/mol. The van der Waals surface area contributed by atoms with Crippen molar-refractivity contribution in [1.29, 1.82) is 0 Å². The largest absolute Gasteiger partial charge is 0.488 e. The van der Waals surface area contributed by atoms with Crippen LogP contribution in [0.4, 0.5) is 10.5 Å². The Morgan fingerprint density at radius 1 is 1.18 bits per heavy atom. The maximum Gasteiger partial charge on any atom is 0.319 e. The fourth-order valence-corrected chi connectivity index (χ4v) is 2.30. The van der Waals surface area contributed by atoms with Gasteiger partial charge in [0.15, 0.2) is 5.76 Å². The maximum atomic E-state index is 12.7. The van der Waals surface area contributed by atoms with Crippen LogP contribution in [0.2, 0.25) is 0 Å². The van der Waals surface area contributed by atoms with Gasteiger partial charge in [-0.2, -0.15) is 0 Å². The van der Waals surface area contributed by atoms with Crippen LogP contribution in [0.1, 0.15) is 25.5 Å². The quantitative estimate of drug-likeness (QED) is 0.892. The number of carbonyl (C=O) groups is 2. The summed E-state index contributed by atoms with van der Waals surface area (Å²) in [6.45, 7) is 3.81. The van der Waals surface area contributed by atoms with Crippen molar-refractivity contribution in [2.75, 3.05) is 25.6 Å². The number of ether oxygens (including phenoxy) is 1. The van der Waals surface area contributed by atoms with Crippen LogP contribution >= 0.6 is 0 Å². The fraction of sp³-hybridized carbons (Fsp3) is 0.375. The van der Waals surface area contributed by atoms with Gasteiger partial charge in [-0.05, 0) is 31.5 Å². The Hall–Kier alpha value is -2.50. The minimum absolute atomic E-state index is 0.197. The molecule has 0 radical (unpaired) electrons. The summed E-state index contributed by atoms with van der Waals surface area (Å²) in [5.74, 6) is -0.0576. The van der Waals surface area contributed by atoms with Crippen molar-refractivity contribution in [2.45, 2.75) is 19.9 Å². The SMILES string of the molecule is CCOC1=C(C)NC(=O)NC(c2ccc(N(C)C)cc2)C1=O. The van der Waals surface area contributed by atoms with Crippen molar-refractivity contribution in [3.05, 3.63) is 41.3 Å². The second kappa shape index (κ2) is 6.51. The smallest absolute Gasteiger partial charge is 0.319 e. The summed E-state index contributed by atoms with van der Waals surface area (Å²) in [6, 6.07) is 6.32. The molecule has 2 amide bonds. The first-order valence-electron chi connectivity index (χ1n) is 7.16. The molecule has 0 saturated heterocycles. The van der Waals surface area contributed by atoms with Crippen molar-refractivity contribution < 1.29 is 14.3 Å². The predicted octanol–water partition coefficient (Wildman–Crippen LogP) is 1.94. The highest BCUT2D eigenvalue weighted by Crippen LogP contribution is 2.24. The summed E-state index contributed by atoms with van der Waals surface area (Å²) in [5, 5.41) is 5.29. The number of anilines is 1. The van der Waals surface area contributed by atoms with E-state index in [9.17, 15) is 9.59 Å². The van der Waals surface area contributed by atoms with Crippen LogP contribution in [0.3, 0.4) is 0 Å². The summed E-state index contributed by atoms with van der Waals surface area (Å²) in [6.07, 6.45) is 0. The van der Waals surface area contributed by atoms with E-state index in [0.29, 0.717) is 12.3 Å². The number of Topliss-reactive ketones (excluding diaryl/α,β-unsaturated/α-hetero) is 1. The van der Waals surface area contributed by atoms with Crippen LogP contribution in [-0.4, -0.2) is 32.5 Å². The van der Waals surface area contributed by atoms with Gasteiger partial charge in [0.2, 0.25) is 5.78 Å². The molecule has 1 aromatic carbocycles. The molecular weight excluding hydrogens is 282 g/mol.